The van der Waals surface area contributed by atoms with Gasteiger partial charge in [0.2, 0.25) is 0 Å². The highest BCUT2D eigenvalue weighted by Crippen LogP contribution is 2.24. The van der Waals surface area contributed by atoms with Gasteiger partial charge < -0.3 is 15.5 Å². The molecule has 2 N–H and O–H groups in total. The fourth-order valence-corrected chi connectivity index (χ4v) is 3.72. The number of thiophene rings is 1. The van der Waals surface area contributed by atoms with Gasteiger partial charge in [-0.3, -0.25) is 4.68 Å². The van der Waals surface area contributed by atoms with Crippen molar-refractivity contribution in [1.29, 1.82) is 0 Å². The van der Waals surface area contributed by atoms with Crippen LogP contribution in [0, 0.1) is 0 Å². The summed E-state index contributed by atoms with van der Waals surface area (Å²) in [7, 11) is 1.93. The Morgan fingerprint density at radius 3 is 2.80 bits per heavy atom. The zero-order valence-corrected chi connectivity index (χ0v) is 18.0. The predicted octanol–water partition coefficient (Wildman–Crippen LogP) is 2.82. The van der Waals surface area contributed by atoms with Crippen LogP contribution in [0.4, 0.5) is 5.00 Å². The van der Waals surface area contributed by atoms with Gasteiger partial charge in [-0.1, -0.05) is 0 Å². The van der Waals surface area contributed by atoms with Gasteiger partial charge in [0.15, 0.2) is 5.96 Å². The van der Waals surface area contributed by atoms with E-state index in [4.69, 9.17) is 0 Å². The average Bonchev–Trinajstić information content (AvgIpc) is 3.25. The van der Waals surface area contributed by atoms with Crippen molar-refractivity contribution in [3.05, 3.63) is 35.5 Å². The minimum absolute atomic E-state index is 0. The second-order valence-electron chi connectivity index (χ2n) is 6.07. The Kier molecular flexibility index (Phi) is 8.01. The van der Waals surface area contributed by atoms with Crippen LogP contribution in [0.2, 0.25) is 0 Å². The van der Waals surface area contributed by atoms with E-state index in [0.717, 1.165) is 44.0 Å². The number of rotatable bonds is 5. The molecule has 25 heavy (non-hydrogen) atoms. The van der Waals surface area contributed by atoms with Crippen molar-refractivity contribution in [2.24, 2.45) is 12.0 Å². The van der Waals surface area contributed by atoms with E-state index in [2.05, 4.69) is 50.1 Å². The van der Waals surface area contributed by atoms with Crippen molar-refractivity contribution in [3.63, 3.8) is 0 Å². The smallest absolute Gasteiger partial charge is 0.191 e. The maximum absolute atomic E-state index is 4.69. The Morgan fingerprint density at radius 1 is 1.40 bits per heavy atom. The molecule has 6 nitrogen and oxygen atoms in total. The molecular formula is C17H27IN6S. The zero-order valence-electron chi connectivity index (χ0n) is 14.8. The molecule has 0 bridgehead atoms. The van der Waals surface area contributed by atoms with Gasteiger partial charge in [-0.05, 0) is 37.3 Å². The molecule has 0 unspecified atom stereocenters. The summed E-state index contributed by atoms with van der Waals surface area (Å²) in [5.74, 6) is 0.899. The number of aliphatic imine (C=N–C) groups is 1. The summed E-state index contributed by atoms with van der Waals surface area (Å²) < 4.78 is 1.81. The highest BCUT2D eigenvalue weighted by atomic mass is 127. The molecule has 2 aromatic rings. The minimum Gasteiger partial charge on any atom is -0.363 e. The lowest BCUT2D eigenvalue weighted by Crippen LogP contribution is -2.48. The van der Waals surface area contributed by atoms with Crippen LogP contribution in [0.3, 0.4) is 0 Å². The number of piperidine rings is 1. The van der Waals surface area contributed by atoms with Crippen LogP contribution in [0.25, 0.3) is 0 Å². The lowest BCUT2D eigenvalue weighted by molar-refractivity contribution is 0.463. The van der Waals surface area contributed by atoms with E-state index in [1.165, 1.54) is 5.00 Å². The van der Waals surface area contributed by atoms with Gasteiger partial charge in [0.25, 0.3) is 0 Å². The Morgan fingerprint density at radius 2 is 2.20 bits per heavy atom. The molecule has 3 heterocycles. The molecule has 1 aliphatic heterocycles. The summed E-state index contributed by atoms with van der Waals surface area (Å²) in [6.07, 6.45) is 6.14. The maximum Gasteiger partial charge on any atom is 0.191 e. The summed E-state index contributed by atoms with van der Waals surface area (Å²) in [6.45, 7) is 5.81. The third-order valence-corrected chi connectivity index (χ3v) is 5.10. The van der Waals surface area contributed by atoms with Gasteiger partial charge in [-0.2, -0.15) is 5.10 Å². The van der Waals surface area contributed by atoms with E-state index >= 15 is 0 Å². The largest absolute Gasteiger partial charge is 0.363 e. The van der Waals surface area contributed by atoms with Crippen molar-refractivity contribution in [3.8, 4) is 0 Å². The Balaban J connectivity index is 0.00000225. The van der Waals surface area contributed by atoms with Crippen LogP contribution in [0.1, 0.15) is 25.3 Å². The second kappa shape index (κ2) is 10.0. The monoisotopic (exact) mass is 474 g/mol. The van der Waals surface area contributed by atoms with Gasteiger partial charge in [0, 0.05) is 44.5 Å². The molecule has 8 heteroatoms. The van der Waals surface area contributed by atoms with Crippen LogP contribution < -0.4 is 15.5 Å². The molecule has 1 aliphatic rings. The molecule has 0 spiro atoms. The summed E-state index contributed by atoms with van der Waals surface area (Å²) in [4.78, 5) is 7.16. The van der Waals surface area contributed by atoms with Gasteiger partial charge in [-0.15, -0.1) is 35.3 Å². The van der Waals surface area contributed by atoms with E-state index in [9.17, 15) is 0 Å². The Hall–Kier alpha value is -1.29. The van der Waals surface area contributed by atoms with E-state index in [1.807, 2.05) is 35.5 Å². The van der Waals surface area contributed by atoms with Crippen LogP contribution in [-0.2, 0) is 13.6 Å². The van der Waals surface area contributed by atoms with Crippen molar-refractivity contribution in [2.75, 3.05) is 24.5 Å². The van der Waals surface area contributed by atoms with Crippen molar-refractivity contribution >= 4 is 46.3 Å². The van der Waals surface area contributed by atoms with E-state index < -0.39 is 0 Å². The summed E-state index contributed by atoms with van der Waals surface area (Å²) in [6, 6.07) is 4.81. The Bertz CT molecular complexity index is 646. The molecule has 0 radical (unpaired) electrons. The SMILES string of the molecule is CCNC(=NCc1cnn(C)c1)NC1CCN(c2cccs2)CC1.I. The molecular weight excluding hydrogens is 447 g/mol. The van der Waals surface area contributed by atoms with Crippen LogP contribution in [-0.4, -0.2) is 41.4 Å². The second-order valence-corrected chi connectivity index (χ2v) is 7.00. The number of anilines is 1. The van der Waals surface area contributed by atoms with Crippen molar-refractivity contribution < 1.29 is 0 Å². The zero-order chi connectivity index (χ0) is 16.8. The highest BCUT2D eigenvalue weighted by molar-refractivity contribution is 14.0. The van der Waals surface area contributed by atoms with Gasteiger partial charge in [-0.25, -0.2) is 4.99 Å². The van der Waals surface area contributed by atoms with Crippen LogP contribution >= 0.6 is 35.3 Å². The standard InChI is InChI=1S/C17H26N6S.HI/c1-3-18-17(19-11-14-12-20-22(2)13-14)21-15-6-8-23(9-7-15)16-5-4-10-24-16;/h4-5,10,12-13,15H,3,6-9,11H2,1-2H3,(H2,18,19,21);1H. The number of guanidine groups is 1. The molecule has 0 aromatic carbocycles. The van der Waals surface area contributed by atoms with Crippen molar-refractivity contribution in [1.82, 2.24) is 20.4 Å². The molecule has 1 saturated heterocycles. The first-order valence-electron chi connectivity index (χ1n) is 8.55. The molecule has 138 valence electrons. The third-order valence-electron chi connectivity index (χ3n) is 4.18. The first-order valence-corrected chi connectivity index (χ1v) is 9.43. The number of aryl methyl sites for hydroxylation is 1. The fraction of sp³-hybridized carbons (Fsp3) is 0.529. The van der Waals surface area contributed by atoms with E-state index in [-0.39, 0.29) is 24.0 Å². The van der Waals surface area contributed by atoms with Gasteiger partial charge >= 0.3 is 0 Å². The lowest BCUT2D eigenvalue weighted by atomic mass is 10.1. The maximum atomic E-state index is 4.69. The van der Waals surface area contributed by atoms with E-state index in [1.54, 1.807) is 0 Å². The van der Waals surface area contributed by atoms with E-state index in [0.29, 0.717) is 12.6 Å². The normalized spacial score (nSPS) is 15.8. The summed E-state index contributed by atoms with van der Waals surface area (Å²) in [5.41, 5.74) is 1.13. The first-order chi connectivity index (χ1) is 11.7. The first kappa shape index (κ1) is 20.0. The number of hydrogen-bond acceptors (Lipinski definition) is 4. The predicted molar refractivity (Wildman–Crippen MR) is 116 cm³/mol. The quantitative estimate of drug-likeness (QED) is 0.398. The van der Waals surface area contributed by atoms with Gasteiger partial charge in [0.05, 0.1) is 17.7 Å². The molecule has 0 saturated carbocycles. The molecule has 0 atom stereocenters. The summed E-state index contributed by atoms with van der Waals surface area (Å²) >= 11 is 1.82. The summed E-state index contributed by atoms with van der Waals surface area (Å²) in [5, 5.41) is 14.7. The minimum atomic E-state index is 0. The van der Waals surface area contributed by atoms with Crippen LogP contribution in [0.15, 0.2) is 34.9 Å². The highest BCUT2D eigenvalue weighted by Gasteiger charge is 2.20. The molecule has 3 rings (SSSR count). The van der Waals surface area contributed by atoms with Crippen molar-refractivity contribution in [2.45, 2.75) is 32.4 Å². The number of hydrogen-bond donors (Lipinski definition) is 2. The Labute approximate surface area is 170 Å². The topological polar surface area (TPSA) is 57.5 Å². The fourth-order valence-electron chi connectivity index (χ4n) is 2.93. The number of aromatic nitrogens is 2. The molecule has 0 aliphatic carbocycles. The third kappa shape index (κ3) is 5.88. The molecule has 2 aromatic heterocycles. The average molecular weight is 474 g/mol. The van der Waals surface area contributed by atoms with Crippen LogP contribution in [0.5, 0.6) is 0 Å². The number of nitrogens with one attached hydrogen (secondary N) is 2. The molecule has 1 fully saturated rings. The number of nitrogens with zero attached hydrogens (tertiary/aromatic N) is 4. The molecule has 0 amide bonds. The lowest BCUT2D eigenvalue weighted by Gasteiger charge is -2.33. The number of halogens is 1. The van der Waals surface area contributed by atoms with Gasteiger partial charge in [0.1, 0.15) is 0 Å².